The number of hydrogen-bond donors (Lipinski definition) is 1. The van der Waals surface area contributed by atoms with E-state index in [0.717, 1.165) is 25.1 Å². The normalized spacial score (nSPS) is 19.8. The van der Waals surface area contributed by atoms with E-state index in [-0.39, 0.29) is 17.2 Å². The topological polar surface area (TPSA) is 77.1 Å². The Morgan fingerprint density at radius 2 is 2.14 bits per heavy atom. The van der Waals surface area contributed by atoms with Gasteiger partial charge < -0.3 is 14.3 Å². The number of halogens is 1. The van der Waals surface area contributed by atoms with Gasteiger partial charge in [0.2, 0.25) is 0 Å². The van der Waals surface area contributed by atoms with Crippen LogP contribution in [0.1, 0.15) is 31.5 Å². The third kappa shape index (κ3) is 3.09. The number of nitrogens with one attached hydrogen (secondary N) is 1. The van der Waals surface area contributed by atoms with Gasteiger partial charge in [-0.25, -0.2) is 19.3 Å². The molecule has 5 heterocycles. The minimum absolute atomic E-state index is 0.0833. The summed E-state index contributed by atoms with van der Waals surface area (Å²) in [6, 6.07) is 3.77. The number of pyridine rings is 2. The lowest BCUT2D eigenvalue weighted by Crippen LogP contribution is -2.39. The van der Waals surface area contributed by atoms with Crippen molar-refractivity contribution in [3.05, 3.63) is 58.8 Å². The molecule has 0 aliphatic carbocycles. The average Bonchev–Trinajstić information content (AvgIpc) is 3.09. The van der Waals surface area contributed by atoms with Gasteiger partial charge in [0.15, 0.2) is 17.3 Å². The van der Waals surface area contributed by atoms with Gasteiger partial charge in [-0.15, -0.1) is 0 Å². The molecular weight excluding hydrogens is 371 g/mol. The van der Waals surface area contributed by atoms with Crippen molar-refractivity contribution in [2.45, 2.75) is 38.8 Å². The van der Waals surface area contributed by atoms with Crippen LogP contribution in [0.4, 0.5) is 4.39 Å². The van der Waals surface area contributed by atoms with Gasteiger partial charge in [0, 0.05) is 42.4 Å². The summed E-state index contributed by atoms with van der Waals surface area (Å²) in [5.74, 6) is -0.0629. The van der Waals surface area contributed by atoms with Crippen molar-refractivity contribution in [2.24, 2.45) is 0 Å². The van der Waals surface area contributed by atoms with Crippen LogP contribution < -0.4 is 10.9 Å². The Hall–Kier alpha value is -3.13. The first-order valence-electron chi connectivity index (χ1n) is 9.76. The first-order valence-corrected chi connectivity index (χ1v) is 9.76. The molecule has 7 nitrogen and oxygen atoms in total. The Morgan fingerprint density at radius 1 is 1.28 bits per heavy atom. The molecule has 8 heteroatoms. The summed E-state index contributed by atoms with van der Waals surface area (Å²) >= 11 is 0. The highest BCUT2D eigenvalue weighted by Crippen LogP contribution is 2.23. The molecule has 0 bridgehead atoms. The van der Waals surface area contributed by atoms with E-state index in [4.69, 9.17) is 0 Å². The molecule has 0 spiro atoms. The molecule has 0 unspecified atom stereocenters. The lowest BCUT2D eigenvalue weighted by Gasteiger charge is -2.29. The zero-order valence-corrected chi connectivity index (χ0v) is 16.3. The van der Waals surface area contributed by atoms with Crippen molar-refractivity contribution in [3.63, 3.8) is 0 Å². The molecule has 0 radical (unpaired) electrons. The van der Waals surface area contributed by atoms with Crippen LogP contribution in [0.25, 0.3) is 27.9 Å². The van der Waals surface area contributed by atoms with E-state index in [1.54, 1.807) is 27.6 Å². The molecule has 5 rings (SSSR count). The summed E-state index contributed by atoms with van der Waals surface area (Å²) in [7, 11) is 0. The highest BCUT2D eigenvalue weighted by Gasteiger charge is 2.21. The van der Waals surface area contributed by atoms with Gasteiger partial charge in [-0.2, -0.15) is 0 Å². The van der Waals surface area contributed by atoms with Gasteiger partial charge in [-0.05, 0) is 45.4 Å². The van der Waals surface area contributed by atoms with E-state index in [1.165, 1.54) is 6.07 Å². The third-order valence-corrected chi connectivity index (χ3v) is 5.55. The quantitative estimate of drug-likeness (QED) is 0.568. The number of aryl methyl sites for hydroxylation is 1. The van der Waals surface area contributed by atoms with Gasteiger partial charge in [-0.3, -0.25) is 4.79 Å². The monoisotopic (exact) mass is 392 g/mol. The maximum atomic E-state index is 14.4. The van der Waals surface area contributed by atoms with E-state index in [2.05, 4.69) is 27.2 Å². The second kappa shape index (κ2) is 6.73. The van der Waals surface area contributed by atoms with Crippen LogP contribution in [0.5, 0.6) is 0 Å². The van der Waals surface area contributed by atoms with Crippen LogP contribution in [0.15, 0.2) is 41.7 Å². The fraction of sp³-hybridized carbons (Fsp3) is 0.333. The van der Waals surface area contributed by atoms with Crippen molar-refractivity contribution in [3.8, 4) is 11.4 Å². The minimum Gasteiger partial charge on any atom is -0.314 e. The summed E-state index contributed by atoms with van der Waals surface area (Å²) in [6.45, 7) is 4.84. The fourth-order valence-corrected chi connectivity index (χ4v) is 4.13. The number of piperidine rings is 1. The molecule has 1 fully saturated rings. The summed E-state index contributed by atoms with van der Waals surface area (Å²) in [6.07, 6.45) is 8.68. The fourth-order valence-electron chi connectivity index (χ4n) is 4.13. The number of imidazole rings is 1. The number of rotatable bonds is 2. The van der Waals surface area contributed by atoms with E-state index in [1.807, 2.05) is 19.2 Å². The second-order valence-electron chi connectivity index (χ2n) is 7.74. The van der Waals surface area contributed by atoms with Gasteiger partial charge in [0.05, 0.1) is 16.6 Å². The molecule has 0 saturated carbocycles. The molecule has 1 aliphatic rings. The van der Waals surface area contributed by atoms with Crippen molar-refractivity contribution in [1.82, 2.24) is 29.2 Å². The highest BCUT2D eigenvalue weighted by molar-refractivity contribution is 5.78. The average molecular weight is 392 g/mol. The van der Waals surface area contributed by atoms with Crippen LogP contribution in [-0.2, 0) is 0 Å². The van der Waals surface area contributed by atoms with E-state index in [0.29, 0.717) is 28.3 Å². The predicted molar refractivity (Wildman–Crippen MR) is 108 cm³/mol. The van der Waals surface area contributed by atoms with Crippen molar-refractivity contribution in [2.75, 3.05) is 6.54 Å². The van der Waals surface area contributed by atoms with Crippen LogP contribution in [-0.4, -0.2) is 36.5 Å². The molecule has 1 N–H and O–H groups in total. The molecule has 1 aliphatic heterocycles. The van der Waals surface area contributed by atoms with Gasteiger partial charge in [0.1, 0.15) is 0 Å². The lowest BCUT2D eigenvalue weighted by molar-refractivity contribution is 0.309. The first kappa shape index (κ1) is 17.9. The maximum absolute atomic E-state index is 14.4. The predicted octanol–water partition coefficient (Wildman–Crippen LogP) is 2.87. The minimum atomic E-state index is -0.435. The summed E-state index contributed by atoms with van der Waals surface area (Å²) in [4.78, 5) is 26.1. The molecule has 0 amide bonds. The molecule has 148 valence electrons. The van der Waals surface area contributed by atoms with Gasteiger partial charge in [-0.1, -0.05) is 0 Å². The molecular formula is C21H21FN6O. The van der Waals surface area contributed by atoms with Crippen molar-refractivity contribution < 1.29 is 4.39 Å². The van der Waals surface area contributed by atoms with Gasteiger partial charge >= 0.3 is 0 Å². The third-order valence-electron chi connectivity index (χ3n) is 5.55. The van der Waals surface area contributed by atoms with Crippen molar-refractivity contribution >= 4 is 16.6 Å². The molecule has 2 atom stereocenters. The van der Waals surface area contributed by atoms with Crippen LogP contribution in [0.3, 0.4) is 0 Å². The van der Waals surface area contributed by atoms with E-state index >= 15 is 0 Å². The number of fused-ring (bicyclic) bond motifs is 2. The zero-order valence-electron chi connectivity index (χ0n) is 16.3. The Morgan fingerprint density at radius 3 is 2.97 bits per heavy atom. The molecule has 1 saturated heterocycles. The largest absolute Gasteiger partial charge is 0.314 e. The Kier molecular flexibility index (Phi) is 4.16. The summed E-state index contributed by atoms with van der Waals surface area (Å²) < 4.78 is 17.8. The molecule has 4 aromatic rings. The van der Waals surface area contributed by atoms with Crippen LogP contribution in [0.2, 0.25) is 0 Å². The van der Waals surface area contributed by atoms with E-state index < -0.39 is 5.82 Å². The smallest absolute Gasteiger partial charge is 0.261 e. The zero-order chi connectivity index (χ0) is 20.1. The molecule has 29 heavy (non-hydrogen) atoms. The molecule has 0 aromatic carbocycles. The van der Waals surface area contributed by atoms with Gasteiger partial charge in [0.25, 0.3) is 5.56 Å². The standard InChI is InChI=1S/C21H21FN6O/c1-12-7-15(3-5-23-12)28-6-4-18-16(21(28)29)9-24-19(26-18)14-8-17(22)20-25-13(2)10-27(20)11-14/h4,6,8-12,15,23H,3,5,7H2,1-2H3/t12-,15+/m1/s1. The first-order chi connectivity index (χ1) is 14.0. The Balaban J connectivity index is 1.58. The highest BCUT2D eigenvalue weighted by atomic mass is 19.1. The van der Waals surface area contributed by atoms with Crippen LogP contribution in [0, 0.1) is 12.7 Å². The Bertz CT molecular complexity index is 1290. The van der Waals surface area contributed by atoms with Crippen molar-refractivity contribution in [1.29, 1.82) is 0 Å². The SMILES string of the molecule is Cc1cn2cc(-c3ncc4c(=O)n([C@H]5CCN[C@H](C)C5)ccc4n3)cc(F)c2n1. The number of aromatic nitrogens is 5. The van der Waals surface area contributed by atoms with E-state index in [9.17, 15) is 9.18 Å². The summed E-state index contributed by atoms with van der Waals surface area (Å²) in [5, 5.41) is 3.88. The maximum Gasteiger partial charge on any atom is 0.261 e. The Labute approximate surface area is 166 Å². The number of hydrogen-bond acceptors (Lipinski definition) is 5. The summed E-state index contributed by atoms with van der Waals surface area (Å²) in [5.41, 5.74) is 2.01. The second-order valence-corrected chi connectivity index (χ2v) is 7.74. The van der Waals surface area contributed by atoms with Crippen LogP contribution >= 0.6 is 0 Å². The number of nitrogens with zero attached hydrogens (tertiary/aromatic N) is 5. The molecule has 4 aromatic heterocycles. The lowest BCUT2D eigenvalue weighted by atomic mass is 10.00.